The van der Waals surface area contributed by atoms with E-state index in [2.05, 4.69) is 542 Å². The van der Waals surface area contributed by atoms with E-state index in [1.165, 1.54) is 255 Å². The van der Waals surface area contributed by atoms with Gasteiger partial charge in [0.05, 0.1) is 66.5 Å². The molecule has 149 heavy (non-hydrogen) atoms. The van der Waals surface area contributed by atoms with E-state index in [9.17, 15) is 0 Å². The quantitative estimate of drug-likeness (QED) is 0.143. The second-order valence-electron chi connectivity index (χ2n) is 42.8. The van der Waals surface area contributed by atoms with Crippen molar-refractivity contribution in [1.29, 1.82) is 0 Å². The van der Waals surface area contributed by atoms with Crippen LogP contribution < -0.4 is 9.80 Å². The maximum atomic E-state index is 2.69. The largest absolute Gasteiger partial charge is 0.310 e. The van der Waals surface area contributed by atoms with Gasteiger partial charge in [-0.15, -0.1) is 0 Å². The molecule has 4 heteroatoms. The van der Waals surface area contributed by atoms with Crippen LogP contribution in [0.4, 0.5) is 34.1 Å². The van der Waals surface area contributed by atoms with Crippen molar-refractivity contribution in [3.63, 3.8) is 0 Å². The zero-order valence-corrected chi connectivity index (χ0v) is 81.8. The van der Waals surface area contributed by atoms with Crippen molar-refractivity contribution in [1.82, 2.24) is 9.13 Å². The fourth-order valence-corrected chi connectivity index (χ4v) is 30.5. The summed E-state index contributed by atoms with van der Waals surface area (Å²) in [5.41, 5.74) is 58.5. The molecule has 0 radical (unpaired) electrons. The van der Waals surface area contributed by atoms with E-state index in [0.717, 1.165) is 45.3 Å². The second kappa shape index (κ2) is 29.3. The summed E-state index contributed by atoms with van der Waals surface area (Å²) in [5.74, 6) is 0. The number of rotatable bonds is 9. The van der Waals surface area contributed by atoms with Crippen molar-refractivity contribution in [2.75, 3.05) is 9.80 Å². The lowest BCUT2D eigenvalue weighted by atomic mass is 9.65. The Morgan fingerprint density at radius 1 is 0.161 bits per heavy atom. The average molecular weight is 1890 g/mol. The van der Waals surface area contributed by atoms with Crippen LogP contribution in [0, 0.1) is 0 Å². The minimum Gasteiger partial charge on any atom is -0.310 e. The van der Waals surface area contributed by atoms with Crippen LogP contribution in [0.15, 0.2) is 510 Å². The molecule has 2 unspecified atom stereocenters. The molecule has 9 aliphatic rings. The van der Waals surface area contributed by atoms with E-state index in [0.29, 0.717) is 0 Å². The molecule has 7 aliphatic carbocycles. The number of fused-ring (bicyclic) bond motifs is 47. The third-order valence-electron chi connectivity index (χ3n) is 36.1. The lowest BCUT2D eigenvalue weighted by Gasteiger charge is -2.40. The molecule has 0 saturated heterocycles. The Bertz CT molecular complexity index is 10200. The van der Waals surface area contributed by atoms with E-state index in [-0.39, 0.29) is 5.41 Å². The van der Waals surface area contributed by atoms with E-state index in [1.54, 1.807) is 0 Å². The van der Waals surface area contributed by atoms with Crippen LogP contribution in [0.25, 0.3) is 166 Å². The van der Waals surface area contributed by atoms with Crippen molar-refractivity contribution in [2.45, 2.75) is 40.9 Å². The lowest BCUT2D eigenvalue weighted by Crippen LogP contribution is -2.33. The van der Waals surface area contributed by atoms with Crippen molar-refractivity contribution in [2.24, 2.45) is 0 Å². The Morgan fingerprint density at radius 2 is 0.456 bits per heavy atom. The van der Waals surface area contributed by atoms with Gasteiger partial charge in [-0.2, -0.15) is 0 Å². The van der Waals surface area contributed by atoms with Crippen LogP contribution in [0.3, 0.4) is 0 Å². The van der Waals surface area contributed by atoms with Gasteiger partial charge in [-0.05, 0) is 291 Å². The summed E-state index contributed by atoms with van der Waals surface area (Å²) in [4.78, 5) is 5.32. The fourth-order valence-electron chi connectivity index (χ4n) is 30.5. The van der Waals surface area contributed by atoms with Crippen LogP contribution >= 0.6 is 0 Å². The zero-order chi connectivity index (χ0) is 97.4. The maximum Gasteiger partial charge on any atom is 0.0755 e. The number of hydrogen-bond donors (Lipinski definition) is 0. The molecule has 690 valence electrons. The normalized spacial score (nSPS) is 16.1. The van der Waals surface area contributed by atoms with Gasteiger partial charge in [0.2, 0.25) is 0 Å². The monoisotopic (exact) mass is 1890 g/mol. The number of nitrogens with zero attached hydrogens (tertiary/aromatic N) is 4. The molecule has 0 bridgehead atoms. The number of benzene rings is 23. The summed E-state index contributed by atoms with van der Waals surface area (Å²) >= 11 is 0. The van der Waals surface area contributed by atoms with Crippen molar-refractivity contribution in [3.8, 4) is 123 Å². The molecular formula is C145H90N4. The van der Waals surface area contributed by atoms with Gasteiger partial charge in [-0.25, -0.2) is 0 Å². The van der Waals surface area contributed by atoms with Gasteiger partial charge < -0.3 is 18.9 Å². The molecule has 2 aliphatic heterocycles. The number of hydrogen-bond acceptors (Lipinski definition) is 2. The van der Waals surface area contributed by atoms with Gasteiger partial charge >= 0.3 is 0 Å². The second-order valence-corrected chi connectivity index (χ2v) is 42.8. The fraction of sp³-hybridized carbons (Fsp3) is 0.0483. The van der Waals surface area contributed by atoms with E-state index in [1.807, 2.05) is 0 Å². The zero-order valence-electron chi connectivity index (χ0n) is 81.8. The Labute approximate surface area is 863 Å². The van der Waals surface area contributed by atoms with Gasteiger partial charge in [0, 0.05) is 60.8 Å². The summed E-state index contributed by atoms with van der Waals surface area (Å²) in [5, 5.41) is 4.85. The minimum absolute atomic E-state index is 0.289. The van der Waals surface area contributed by atoms with Crippen LogP contribution in [0.2, 0.25) is 0 Å². The van der Waals surface area contributed by atoms with Crippen LogP contribution in [-0.2, 0) is 27.1 Å². The Balaban J connectivity index is 0.584. The third-order valence-corrected chi connectivity index (χ3v) is 36.1. The van der Waals surface area contributed by atoms with E-state index in [4.69, 9.17) is 0 Å². The highest BCUT2D eigenvalue weighted by Gasteiger charge is 2.59. The number of para-hydroxylation sites is 4. The SMILES string of the molecule is CC1(C)c2ccccc2-c2ccc(N(c3cc4c5c(c3)c3ccccc3n5-c3ccccc3C43c4ccccc4-c4cc(-c5cccc6c5-c5ccccc5C65c6ccccc6-c6c(N(c7ccc(-c8ccc(-c9ccccc9)cc8)cc7)c7cc8c9c(c7)c7ccccc7n9-c7ccccc7C87c8ccccc8-c8ccccc87)cccc65)ccc43)c3cccc4c3-c3ccccc3C43c4ccccc4-c4ccccc43)cc21. The summed E-state index contributed by atoms with van der Waals surface area (Å²) in [6.07, 6.45) is 0. The first-order chi connectivity index (χ1) is 73.7. The molecule has 23 aromatic carbocycles. The first-order valence-electron chi connectivity index (χ1n) is 52.5. The molecule has 0 fully saturated rings. The molecule has 4 heterocycles. The highest BCUT2D eigenvalue weighted by Crippen LogP contribution is 2.72. The van der Waals surface area contributed by atoms with Gasteiger partial charge in [-0.1, -0.05) is 432 Å². The molecule has 0 N–H and O–H groups in total. The molecule has 34 rings (SSSR count). The van der Waals surface area contributed by atoms with Gasteiger partial charge in [0.1, 0.15) is 0 Å². The van der Waals surface area contributed by atoms with Crippen molar-refractivity contribution in [3.05, 3.63) is 610 Å². The molecule has 4 nitrogen and oxygen atoms in total. The Kier molecular flexibility index (Phi) is 16.1. The molecule has 0 amide bonds. The summed E-state index contributed by atoms with van der Waals surface area (Å²) in [6.45, 7) is 4.86. The van der Waals surface area contributed by atoms with Gasteiger partial charge in [-0.3, -0.25) is 0 Å². The molecular weight excluding hydrogens is 1800 g/mol. The first-order valence-corrected chi connectivity index (χ1v) is 52.5. The van der Waals surface area contributed by atoms with Gasteiger partial charge in [0.25, 0.3) is 0 Å². The van der Waals surface area contributed by atoms with Crippen LogP contribution in [-0.4, -0.2) is 9.13 Å². The number of aromatic nitrogens is 2. The predicted octanol–water partition coefficient (Wildman–Crippen LogP) is 36.2. The van der Waals surface area contributed by atoms with Crippen molar-refractivity contribution < 1.29 is 0 Å². The standard InChI is InChI=1S/C145H90N4/c1-141(2)112-49-17-6-37-97(112)103-79-78-93(84-127(103)141)147(135-68-33-61-125-137(135)107-46-13-24-56-119(107)142(125)113-50-18-7-38-98(113)99-39-8-19-51-114(99)142)95-83-111-105-44-16-29-64-131(105)149-133-66-31-27-59-123(133)144(129(86-95)140(111)149)117-54-22-11-42-102(117)109-81-91(75-80-121(109)144)96-48-32-60-124-136(96)106-45-12-23-55-118(106)145(124)120-57-25-14-47-108(120)138-126(145)62-34-67-134(138)146(92-76-73-90(74-77-92)89-71-69-88(70-72-89)87-35-4-3-5-36-87)94-82-110-104-43-15-28-63-130(104)148-132-65-30-26-58-122(132)143(128(85-94)139(110)148)115-52-20-9-40-100(115)101-41-10-21-53-116(101)143/h3-86H,1-2H3. The average Bonchev–Trinajstić information content (AvgIpc) is 1.51. The Hall–Kier alpha value is -18.7. The highest BCUT2D eigenvalue weighted by atomic mass is 15.2. The van der Waals surface area contributed by atoms with Crippen molar-refractivity contribution >= 4 is 77.7 Å². The smallest absolute Gasteiger partial charge is 0.0755 e. The molecule has 25 aromatic rings. The topological polar surface area (TPSA) is 16.3 Å². The third kappa shape index (κ3) is 10.1. The van der Waals surface area contributed by atoms with Crippen LogP contribution in [0.1, 0.15) is 114 Å². The molecule has 2 atom stereocenters. The summed E-state index contributed by atoms with van der Waals surface area (Å²) in [6, 6.07) is 197. The van der Waals surface area contributed by atoms with E-state index >= 15 is 0 Å². The van der Waals surface area contributed by atoms with Gasteiger partial charge in [0.15, 0.2) is 0 Å². The number of anilines is 6. The lowest BCUT2D eigenvalue weighted by molar-refractivity contribution is 0.660. The minimum atomic E-state index is -0.837. The molecule has 0 saturated carbocycles. The van der Waals surface area contributed by atoms with Crippen LogP contribution in [0.5, 0.6) is 0 Å². The summed E-state index contributed by atoms with van der Waals surface area (Å²) in [7, 11) is 0. The molecule has 4 spiro atoms. The highest BCUT2D eigenvalue weighted by molar-refractivity contribution is 6.18. The van der Waals surface area contributed by atoms with E-state index < -0.39 is 21.7 Å². The Morgan fingerprint density at radius 3 is 0.926 bits per heavy atom. The first kappa shape index (κ1) is 81.7. The maximum absolute atomic E-state index is 2.69. The molecule has 2 aromatic heterocycles. The predicted molar refractivity (Wildman–Crippen MR) is 613 cm³/mol. The summed E-state index contributed by atoms with van der Waals surface area (Å²) < 4.78 is 5.21.